The second-order valence-corrected chi connectivity index (χ2v) is 26.9. The van der Waals surface area contributed by atoms with E-state index in [9.17, 15) is 53.9 Å². The molecule has 4 heterocycles. The van der Waals surface area contributed by atoms with Gasteiger partial charge in [-0.1, -0.05) is 49.0 Å². The summed E-state index contributed by atoms with van der Waals surface area (Å²) in [7, 11) is 0. The lowest BCUT2D eigenvalue weighted by Gasteiger charge is -2.19. The maximum atomic E-state index is 14.3. The Balaban J connectivity index is 0.700. The third kappa shape index (κ3) is 19.2. The van der Waals surface area contributed by atoms with Gasteiger partial charge in [-0.25, -0.2) is 48.4 Å². The van der Waals surface area contributed by atoms with E-state index in [0.717, 1.165) is 43.2 Å². The van der Waals surface area contributed by atoms with Gasteiger partial charge in [-0.05, 0) is 246 Å². The number of benzene rings is 10. The van der Waals surface area contributed by atoms with Crippen LogP contribution < -0.4 is 46.1 Å². The van der Waals surface area contributed by atoms with Crippen molar-refractivity contribution in [2.45, 2.75) is 35.8 Å². The van der Waals surface area contributed by atoms with Crippen molar-refractivity contribution in [2.24, 2.45) is 0 Å². The van der Waals surface area contributed by atoms with Crippen molar-refractivity contribution in [2.75, 3.05) is 44.4 Å². The molecule has 6 amide bonds. The SMILES string of the molecule is C=C(C)c1ccc(-c2ccc(-c3cc(-c4ccc(-c5cccnc5NC(=O)Nc5ccc(-c6ncn(-c7ccc(OC(F)(F)F)cc7)n6)cc5)c(SC)c4)ccc3NC(=O)Nc3ccc(-c4ncn(-c5ccc(OC(F)(F)F)cc5)n4)cc3)c(SC)c2)cc1NC(=O)Nc1ccc(-c2ncn(-c3ccc(OC(F)(F)F)cc3)n2)cc1. The zero-order valence-electron chi connectivity index (χ0n) is 60.1. The van der Waals surface area contributed by atoms with E-state index in [4.69, 9.17) is 0 Å². The Labute approximate surface area is 656 Å². The van der Waals surface area contributed by atoms with Gasteiger partial charge in [0.2, 0.25) is 0 Å². The summed E-state index contributed by atoms with van der Waals surface area (Å²) in [4.78, 5) is 61.2. The van der Waals surface area contributed by atoms with Crippen molar-refractivity contribution < 1.29 is 68.1 Å². The smallest absolute Gasteiger partial charge is 0.406 e. The maximum absolute atomic E-state index is 14.3. The van der Waals surface area contributed by atoms with E-state index in [1.54, 1.807) is 85.1 Å². The Morgan fingerprint density at radius 2 is 0.713 bits per heavy atom. The summed E-state index contributed by atoms with van der Waals surface area (Å²) in [6.45, 7) is 6.00. The number of urea groups is 3. The summed E-state index contributed by atoms with van der Waals surface area (Å²) in [5.74, 6) is 0.0742. The molecule has 10 aromatic carbocycles. The van der Waals surface area contributed by atoms with Crippen LogP contribution in [0.1, 0.15) is 12.5 Å². The molecule has 0 aliphatic heterocycles. The summed E-state index contributed by atoms with van der Waals surface area (Å²) in [6.07, 6.45) is -4.83. The first-order valence-corrected chi connectivity index (χ1v) is 36.8. The van der Waals surface area contributed by atoms with Gasteiger partial charge in [0.1, 0.15) is 42.0 Å². The number of hydrogen-bond donors (Lipinski definition) is 6. The van der Waals surface area contributed by atoms with Crippen LogP contribution in [-0.2, 0) is 0 Å². The fourth-order valence-corrected chi connectivity index (χ4v) is 13.4. The second-order valence-electron chi connectivity index (χ2n) is 25.2. The molecule has 14 aromatic rings. The number of halogens is 9. The fourth-order valence-electron chi connectivity index (χ4n) is 12.1. The molecule has 22 nitrogen and oxygen atoms in total. The summed E-state index contributed by atoms with van der Waals surface area (Å²) in [5.41, 5.74) is 12.6. The average molecular weight is 1600 g/mol. The lowest BCUT2D eigenvalue weighted by Crippen LogP contribution is -2.20. The van der Waals surface area contributed by atoms with E-state index in [1.165, 1.54) is 129 Å². The molecule has 0 saturated heterocycles. The Morgan fingerprint density at radius 1 is 0.365 bits per heavy atom. The minimum Gasteiger partial charge on any atom is -0.406 e. The largest absolute Gasteiger partial charge is 0.573 e. The highest BCUT2D eigenvalue weighted by molar-refractivity contribution is 7.99. The highest BCUT2D eigenvalue weighted by Crippen LogP contribution is 2.44. The predicted octanol–water partition coefficient (Wildman–Crippen LogP) is 21.6. The van der Waals surface area contributed by atoms with Crippen molar-refractivity contribution in [3.63, 3.8) is 0 Å². The number of allylic oxidation sites excluding steroid dienone is 1. The Morgan fingerprint density at radius 3 is 1.10 bits per heavy atom. The summed E-state index contributed by atoms with van der Waals surface area (Å²) >= 11 is 2.96. The van der Waals surface area contributed by atoms with Crippen LogP contribution in [0.2, 0.25) is 0 Å². The highest BCUT2D eigenvalue weighted by atomic mass is 32.2. The Hall–Kier alpha value is -14.2. The zero-order chi connectivity index (χ0) is 80.7. The number of carbonyl (C=O) groups is 3. The van der Waals surface area contributed by atoms with Crippen molar-refractivity contribution in [1.82, 2.24) is 49.3 Å². The number of thioether (sulfide) groups is 2. The molecule has 578 valence electrons. The molecule has 0 radical (unpaired) electrons. The number of ether oxygens (including phenoxy) is 3. The first-order valence-electron chi connectivity index (χ1n) is 34.3. The van der Waals surface area contributed by atoms with Crippen molar-refractivity contribution >= 4 is 81.4 Å². The van der Waals surface area contributed by atoms with Gasteiger partial charge in [0.05, 0.1) is 28.4 Å². The first kappa shape index (κ1) is 77.5. The number of anilines is 6. The third-order valence-corrected chi connectivity index (χ3v) is 18.9. The maximum Gasteiger partial charge on any atom is 0.573 e. The molecular weight excluding hydrogens is 1540 g/mol. The molecule has 0 fully saturated rings. The summed E-state index contributed by atoms with van der Waals surface area (Å²) in [5, 5.41) is 31.1. The van der Waals surface area contributed by atoms with E-state index in [-0.39, 0.29) is 23.1 Å². The number of pyridine rings is 1. The zero-order valence-corrected chi connectivity index (χ0v) is 61.7. The first-order chi connectivity index (χ1) is 55.2. The van der Waals surface area contributed by atoms with Gasteiger partial charge in [0, 0.05) is 66.4 Å². The van der Waals surface area contributed by atoms with Crippen LogP contribution in [-0.4, -0.2) is 99.0 Å². The molecule has 4 aromatic heterocycles. The number of nitrogens with zero attached hydrogens (tertiary/aromatic N) is 10. The van der Waals surface area contributed by atoms with Gasteiger partial charge in [-0.15, -0.1) is 78.3 Å². The predicted molar refractivity (Wildman–Crippen MR) is 423 cm³/mol. The van der Waals surface area contributed by atoms with Crippen molar-refractivity contribution in [1.29, 1.82) is 0 Å². The molecule has 33 heteroatoms. The van der Waals surface area contributed by atoms with Gasteiger partial charge in [0.15, 0.2) is 17.5 Å². The van der Waals surface area contributed by atoms with Crippen LogP contribution in [0.25, 0.3) is 101 Å². The quantitative estimate of drug-likeness (QED) is 0.0272. The molecule has 0 saturated carbocycles. The average Bonchev–Trinajstić information content (AvgIpc) is 1.76. The molecule has 0 bridgehead atoms. The van der Waals surface area contributed by atoms with Gasteiger partial charge in [-0.2, -0.15) is 0 Å². The number of amides is 6. The van der Waals surface area contributed by atoms with Crippen LogP contribution in [0.5, 0.6) is 17.2 Å². The minimum absolute atomic E-state index is 0.274. The van der Waals surface area contributed by atoms with Gasteiger partial charge < -0.3 is 40.8 Å². The number of rotatable bonds is 22. The van der Waals surface area contributed by atoms with Crippen LogP contribution in [0.15, 0.2) is 272 Å². The van der Waals surface area contributed by atoms with Gasteiger partial charge in [0.25, 0.3) is 0 Å². The van der Waals surface area contributed by atoms with E-state index < -0.39 is 37.2 Å². The normalized spacial score (nSPS) is 11.5. The van der Waals surface area contributed by atoms with Gasteiger partial charge in [-0.3, -0.25) is 5.32 Å². The topological polar surface area (TPSA) is 256 Å². The van der Waals surface area contributed by atoms with Crippen molar-refractivity contribution in [3.8, 4) is 113 Å². The molecule has 0 atom stereocenters. The third-order valence-electron chi connectivity index (χ3n) is 17.4. The molecule has 0 aliphatic carbocycles. The standard InChI is InChI=1S/C82H59F9N16O6S2/c1-47(2)64-35-13-52(41-70(64)100-78(109)97-56-19-9-49(10-20-56)74-94-45-106(103-74)59-25-31-62(32-26-59)112-81(86,87)88)54-15-37-66(72(43-54)115-4)68-40-51(16-38-69(68)99-77(108)96-55-17-7-48(8-18-55)73-93-44-105(102-73)58-23-29-61(30-24-58)111-80(83,84)85)53-14-36-65(71(42-53)114-3)67-6-5-39-92-76(67)101-79(110)98-57-21-11-50(12-22-57)75-95-46-107(104-75)60-27-33-63(34-28-60)113-82(89,90)91/h5-46H,1H2,2-4H3,(H2,96,99,108)(H2,97,100,109)(H2,92,98,101,110). The minimum atomic E-state index is -4.85. The van der Waals surface area contributed by atoms with Crippen LogP contribution in [0, 0.1) is 0 Å². The van der Waals surface area contributed by atoms with E-state index in [2.05, 4.69) is 87.9 Å². The fraction of sp³-hybridized carbons (Fsp3) is 0.0732. The molecule has 0 spiro atoms. The Kier molecular flexibility index (Phi) is 22.2. The molecule has 14 rings (SSSR count). The molecular formula is C82H59F9N16O6S2. The highest BCUT2D eigenvalue weighted by Gasteiger charge is 2.33. The molecule has 0 aliphatic rings. The van der Waals surface area contributed by atoms with Crippen molar-refractivity contribution in [3.05, 3.63) is 268 Å². The number of nitrogens with one attached hydrogen (secondary N) is 6. The van der Waals surface area contributed by atoms with Gasteiger partial charge >= 0.3 is 37.2 Å². The number of alkyl halides is 9. The van der Waals surface area contributed by atoms with E-state index in [1.807, 2.05) is 98.3 Å². The lowest BCUT2D eigenvalue weighted by molar-refractivity contribution is -0.275. The van der Waals surface area contributed by atoms with Crippen LogP contribution >= 0.6 is 23.5 Å². The number of carbonyl (C=O) groups excluding carboxylic acids is 3. The van der Waals surface area contributed by atoms with E-state index >= 15 is 0 Å². The number of hydrogen-bond acceptors (Lipinski definition) is 15. The van der Waals surface area contributed by atoms with Crippen LogP contribution in [0.4, 0.5) is 88.2 Å². The lowest BCUT2D eigenvalue weighted by atomic mass is 9.94. The Bertz CT molecular complexity index is 5930. The van der Waals surface area contributed by atoms with E-state index in [0.29, 0.717) is 102 Å². The summed E-state index contributed by atoms with van der Waals surface area (Å²) < 4.78 is 131. The summed E-state index contributed by atoms with van der Waals surface area (Å²) in [6, 6.07) is 60.8. The second kappa shape index (κ2) is 33.0. The molecule has 115 heavy (non-hydrogen) atoms. The van der Waals surface area contributed by atoms with Crippen LogP contribution in [0.3, 0.4) is 0 Å². The molecule has 0 unspecified atom stereocenters. The molecule has 6 N–H and O–H groups in total. The monoisotopic (exact) mass is 1600 g/mol. The number of aromatic nitrogens is 10.